The highest BCUT2D eigenvalue weighted by Gasteiger charge is 2.15. The van der Waals surface area contributed by atoms with Crippen LogP contribution in [0.1, 0.15) is 51.5 Å². The van der Waals surface area contributed by atoms with E-state index in [-0.39, 0.29) is 6.29 Å². The van der Waals surface area contributed by atoms with Crippen LogP contribution in [0.3, 0.4) is 0 Å². The van der Waals surface area contributed by atoms with Gasteiger partial charge < -0.3 is 9.47 Å². The summed E-state index contributed by atoms with van der Waals surface area (Å²) in [7, 11) is 0. The van der Waals surface area contributed by atoms with Crippen molar-refractivity contribution >= 4 is 0 Å². The molecule has 0 bridgehead atoms. The average molecular weight is 262 g/mol. The van der Waals surface area contributed by atoms with E-state index in [1.165, 1.54) is 37.7 Å². The molecule has 0 N–H and O–H groups in total. The Morgan fingerprint density at radius 1 is 1.11 bits per heavy atom. The maximum Gasteiger partial charge on any atom is 0.196 e. The van der Waals surface area contributed by atoms with E-state index in [9.17, 15) is 0 Å². The highest BCUT2D eigenvalue weighted by Crippen LogP contribution is 2.24. The number of hydrogen-bond acceptors (Lipinski definition) is 2. The van der Waals surface area contributed by atoms with Gasteiger partial charge in [-0.25, -0.2) is 0 Å². The number of benzene rings is 1. The van der Waals surface area contributed by atoms with Crippen molar-refractivity contribution in [2.45, 2.75) is 58.7 Å². The maximum absolute atomic E-state index is 5.82. The third-order valence-corrected chi connectivity index (χ3v) is 3.93. The summed E-state index contributed by atoms with van der Waals surface area (Å²) in [4.78, 5) is 0. The highest BCUT2D eigenvalue weighted by atomic mass is 16.7. The molecule has 0 saturated heterocycles. The molecule has 0 amide bonds. The van der Waals surface area contributed by atoms with E-state index in [4.69, 9.17) is 9.47 Å². The fourth-order valence-corrected chi connectivity index (χ4v) is 2.65. The summed E-state index contributed by atoms with van der Waals surface area (Å²) >= 11 is 0. The van der Waals surface area contributed by atoms with Crippen molar-refractivity contribution in [2.24, 2.45) is 5.92 Å². The molecule has 1 aliphatic carbocycles. The third kappa shape index (κ3) is 4.87. The Balaban J connectivity index is 1.71. The zero-order chi connectivity index (χ0) is 13.5. The maximum atomic E-state index is 5.82. The number of rotatable bonds is 6. The van der Waals surface area contributed by atoms with Crippen LogP contribution in [0.2, 0.25) is 0 Å². The van der Waals surface area contributed by atoms with Crippen LogP contribution in [-0.4, -0.2) is 12.9 Å². The molecule has 1 saturated carbocycles. The van der Waals surface area contributed by atoms with Gasteiger partial charge in [-0.15, -0.1) is 0 Å². The Kier molecular flexibility index (Phi) is 5.71. The lowest BCUT2D eigenvalue weighted by atomic mass is 9.90. The molecule has 1 aliphatic rings. The third-order valence-electron chi connectivity index (χ3n) is 3.93. The van der Waals surface area contributed by atoms with Crippen molar-refractivity contribution in [2.75, 3.05) is 6.61 Å². The second-order valence-electron chi connectivity index (χ2n) is 5.52. The van der Waals surface area contributed by atoms with Gasteiger partial charge in [-0.05, 0) is 49.8 Å². The predicted octanol–water partition coefficient (Wildman–Crippen LogP) is 4.57. The van der Waals surface area contributed by atoms with Crippen molar-refractivity contribution in [3.63, 3.8) is 0 Å². The van der Waals surface area contributed by atoms with Gasteiger partial charge in [0.2, 0.25) is 0 Å². The van der Waals surface area contributed by atoms with E-state index in [1.54, 1.807) is 0 Å². The lowest BCUT2D eigenvalue weighted by Gasteiger charge is -2.23. The van der Waals surface area contributed by atoms with Crippen LogP contribution in [0, 0.1) is 5.92 Å². The number of aryl methyl sites for hydroxylation is 1. The second kappa shape index (κ2) is 7.54. The predicted molar refractivity (Wildman–Crippen MR) is 78.4 cm³/mol. The van der Waals surface area contributed by atoms with Crippen molar-refractivity contribution in [3.8, 4) is 5.75 Å². The molecule has 0 heterocycles. The lowest BCUT2D eigenvalue weighted by Crippen LogP contribution is -2.22. The zero-order valence-electron chi connectivity index (χ0n) is 12.2. The summed E-state index contributed by atoms with van der Waals surface area (Å²) in [5, 5.41) is 0. The summed E-state index contributed by atoms with van der Waals surface area (Å²) in [5.41, 5.74) is 1.34. The number of hydrogen-bond donors (Lipinski definition) is 0. The Hall–Kier alpha value is -1.02. The molecule has 1 aromatic carbocycles. The van der Waals surface area contributed by atoms with Gasteiger partial charge in [0.25, 0.3) is 0 Å². The molecular weight excluding hydrogens is 236 g/mol. The molecule has 2 heteroatoms. The van der Waals surface area contributed by atoms with Crippen molar-refractivity contribution in [1.82, 2.24) is 0 Å². The molecule has 1 aromatic rings. The summed E-state index contributed by atoms with van der Waals surface area (Å²) in [6.45, 7) is 4.98. The van der Waals surface area contributed by atoms with Gasteiger partial charge in [-0.1, -0.05) is 38.3 Å². The number of ether oxygens (including phenoxy) is 2. The zero-order valence-corrected chi connectivity index (χ0v) is 12.2. The topological polar surface area (TPSA) is 18.5 Å². The van der Waals surface area contributed by atoms with Gasteiger partial charge in [0, 0.05) is 0 Å². The molecule has 0 aromatic heterocycles. The molecule has 19 heavy (non-hydrogen) atoms. The lowest BCUT2D eigenvalue weighted by molar-refractivity contribution is -0.0820. The molecule has 2 nitrogen and oxygen atoms in total. The van der Waals surface area contributed by atoms with E-state index in [2.05, 4.69) is 19.1 Å². The largest absolute Gasteiger partial charge is 0.465 e. The minimum Gasteiger partial charge on any atom is -0.465 e. The minimum atomic E-state index is -0.158. The van der Waals surface area contributed by atoms with Gasteiger partial charge in [0.05, 0.1) is 6.61 Å². The van der Waals surface area contributed by atoms with Crippen LogP contribution < -0.4 is 4.74 Å². The average Bonchev–Trinajstić information content (AvgIpc) is 2.47. The monoisotopic (exact) mass is 262 g/mol. The first-order valence-corrected chi connectivity index (χ1v) is 7.65. The van der Waals surface area contributed by atoms with Gasteiger partial charge in [-0.3, -0.25) is 0 Å². The van der Waals surface area contributed by atoms with Crippen molar-refractivity contribution < 1.29 is 9.47 Å². The van der Waals surface area contributed by atoms with Crippen LogP contribution in [0.4, 0.5) is 0 Å². The van der Waals surface area contributed by atoms with E-state index in [0.29, 0.717) is 0 Å². The summed E-state index contributed by atoms with van der Waals surface area (Å²) in [6, 6.07) is 8.28. The van der Waals surface area contributed by atoms with Gasteiger partial charge in [-0.2, -0.15) is 0 Å². The first-order valence-electron chi connectivity index (χ1n) is 7.65. The summed E-state index contributed by atoms with van der Waals surface area (Å²) in [6.07, 6.45) is 7.66. The SMILES string of the molecule is CCc1ccc(OC(C)OCC2CCCCC2)cc1. The standard InChI is InChI=1S/C17H26O2/c1-3-15-9-11-17(12-10-15)19-14(2)18-13-16-7-5-4-6-8-16/h9-12,14,16H,3-8,13H2,1-2H3. The van der Waals surface area contributed by atoms with Crippen LogP contribution in [0.15, 0.2) is 24.3 Å². The summed E-state index contributed by atoms with van der Waals surface area (Å²) < 4.78 is 11.6. The molecule has 106 valence electrons. The Bertz CT molecular complexity index is 352. The second-order valence-corrected chi connectivity index (χ2v) is 5.52. The van der Waals surface area contributed by atoms with E-state index in [0.717, 1.165) is 24.7 Å². The highest BCUT2D eigenvalue weighted by molar-refractivity contribution is 5.27. The first-order chi connectivity index (χ1) is 9.28. The molecule has 1 unspecified atom stereocenters. The molecule has 0 spiro atoms. The van der Waals surface area contributed by atoms with E-state index < -0.39 is 0 Å². The fraction of sp³-hybridized carbons (Fsp3) is 0.647. The fourth-order valence-electron chi connectivity index (χ4n) is 2.65. The molecular formula is C17H26O2. The smallest absolute Gasteiger partial charge is 0.196 e. The van der Waals surface area contributed by atoms with Gasteiger partial charge in [0.1, 0.15) is 5.75 Å². The molecule has 2 rings (SSSR count). The van der Waals surface area contributed by atoms with Crippen LogP contribution >= 0.6 is 0 Å². The molecule has 1 atom stereocenters. The van der Waals surface area contributed by atoms with Crippen LogP contribution in [0.5, 0.6) is 5.75 Å². The summed E-state index contributed by atoms with van der Waals surface area (Å²) in [5.74, 6) is 1.63. The molecule has 0 radical (unpaired) electrons. The van der Waals surface area contributed by atoms with Crippen LogP contribution in [-0.2, 0) is 11.2 Å². The Labute approximate surface area is 117 Å². The van der Waals surface area contributed by atoms with E-state index in [1.807, 2.05) is 19.1 Å². The van der Waals surface area contributed by atoms with E-state index >= 15 is 0 Å². The molecule has 0 aliphatic heterocycles. The quantitative estimate of drug-likeness (QED) is 0.699. The normalized spacial score (nSPS) is 18.2. The van der Waals surface area contributed by atoms with Crippen LogP contribution in [0.25, 0.3) is 0 Å². The molecule has 1 fully saturated rings. The first kappa shape index (κ1) is 14.4. The minimum absolute atomic E-state index is 0.158. The van der Waals surface area contributed by atoms with Crippen molar-refractivity contribution in [3.05, 3.63) is 29.8 Å². The Morgan fingerprint density at radius 2 is 1.79 bits per heavy atom. The van der Waals surface area contributed by atoms with Crippen molar-refractivity contribution in [1.29, 1.82) is 0 Å². The van der Waals surface area contributed by atoms with Gasteiger partial charge in [0.15, 0.2) is 6.29 Å². The Morgan fingerprint density at radius 3 is 2.42 bits per heavy atom. The van der Waals surface area contributed by atoms with Gasteiger partial charge >= 0.3 is 0 Å².